The van der Waals surface area contributed by atoms with Gasteiger partial charge in [-0.15, -0.1) is 0 Å². The Hall–Kier alpha value is -0.980. The topological polar surface area (TPSA) is 121 Å². The molecule has 0 aromatic rings. The molecule has 0 radical (unpaired) electrons. The number of carboxylic acid groups (broad SMARTS) is 1. The van der Waals surface area contributed by atoms with Crippen molar-refractivity contribution in [3.63, 3.8) is 0 Å². The van der Waals surface area contributed by atoms with Crippen molar-refractivity contribution in [2.45, 2.75) is 111 Å². The minimum atomic E-state index is -0.725. The van der Waals surface area contributed by atoms with Crippen LogP contribution in [0.15, 0.2) is 0 Å². The summed E-state index contributed by atoms with van der Waals surface area (Å²) in [6.07, 6.45) is 6.03. The molecule has 0 amide bonds. The largest absolute Gasteiger partial charge is 0.481 e. The van der Waals surface area contributed by atoms with Gasteiger partial charge in [-0.05, 0) is 104 Å². The third-order valence-corrected chi connectivity index (χ3v) is 11.8. The molecule has 0 heterocycles. The average Bonchev–Trinajstić information content (AvgIpc) is 3.14. The number of fused-ring (bicyclic) bond motifs is 5. The number of aliphatic hydroxyl groups excluding tert-OH is 2. The first-order valence-electron chi connectivity index (χ1n) is 14.2. The van der Waals surface area contributed by atoms with Gasteiger partial charge in [0, 0.05) is 12.3 Å². The van der Waals surface area contributed by atoms with Gasteiger partial charge in [-0.25, -0.2) is 0 Å². The summed E-state index contributed by atoms with van der Waals surface area (Å²) in [5.41, 5.74) is 6.25. The molecular formula is C29H49NO5. The van der Waals surface area contributed by atoms with Gasteiger partial charge in [0.25, 0.3) is 0 Å². The van der Waals surface area contributed by atoms with E-state index in [4.69, 9.17) is 5.73 Å². The molecule has 4 aliphatic carbocycles. The van der Waals surface area contributed by atoms with Crippen molar-refractivity contribution in [3.05, 3.63) is 0 Å². The van der Waals surface area contributed by atoms with Crippen LogP contribution in [0, 0.1) is 58.2 Å². The number of nitrogens with two attached hydrogens (primary N) is 1. The third-order valence-electron chi connectivity index (χ3n) is 11.8. The monoisotopic (exact) mass is 491 g/mol. The van der Waals surface area contributed by atoms with Gasteiger partial charge in [-0.2, -0.15) is 0 Å². The number of aliphatic carboxylic acids is 1. The van der Waals surface area contributed by atoms with Crippen LogP contribution in [0.4, 0.5) is 0 Å². The second-order valence-electron chi connectivity index (χ2n) is 13.6. The van der Waals surface area contributed by atoms with Gasteiger partial charge in [-0.3, -0.25) is 9.59 Å². The van der Waals surface area contributed by atoms with E-state index in [1.54, 1.807) is 0 Å². The molecule has 0 aromatic carbocycles. The highest BCUT2D eigenvalue weighted by molar-refractivity contribution is 5.87. The van der Waals surface area contributed by atoms with Gasteiger partial charge >= 0.3 is 5.97 Å². The molecule has 0 spiro atoms. The van der Waals surface area contributed by atoms with E-state index >= 15 is 0 Å². The number of ketones is 1. The predicted octanol–water partition coefficient (Wildman–Crippen LogP) is 4.26. The van der Waals surface area contributed by atoms with E-state index in [-0.39, 0.29) is 52.6 Å². The van der Waals surface area contributed by atoms with Crippen LogP contribution in [0.3, 0.4) is 0 Å². The molecule has 4 rings (SSSR count). The van der Waals surface area contributed by atoms with Gasteiger partial charge in [0.15, 0.2) is 5.78 Å². The zero-order valence-electron chi connectivity index (χ0n) is 22.5. The maximum absolute atomic E-state index is 13.7. The SMILES string of the molecule is CC(C)[C@H](N)C(=O)C1C[C@@H](O)CC2C[C@@H](O)[C@@H]3[C@H](CC[C@]4(C)[C@@H]([C@H](C)CCC(=O)O)CC[C@@H]34)[C@]21C. The van der Waals surface area contributed by atoms with E-state index < -0.39 is 24.2 Å². The highest BCUT2D eigenvalue weighted by Gasteiger charge is 2.65. The van der Waals surface area contributed by atoms with Gasteiger partial charge in [0.2, 0.25) is 0 Å². The number of carbonyl (C=O) groups is 2. The first-order chi connectivity index (χ1) is 16.3. The molecule has 0 bridgehead atoms. The summed E-state index contributed by atoms with van der Waals surface area (Å²) in [6, 6.07) is -0.520. The van der Waals surface area contributed by atoms with Crippen molar-refractivity contribution < 1.29 is 24.9 Å². The fourth-order valence-electron chi connectivity index (χ4n) is 9.82. The normalized spacial score (nSPS) is 46.9. The molecule has 2 unspecified atom stereocenters. The van der Waals surface area contributed by atoms with Gasteiger partial charge in [-0.1, -0.05) is 34.6 Å². The molecule has 0 aromatic heterocycles. The zero-order chi connectivity index (χ0) is 25.9. The van der Waals surface area contributed by atoms with Crippen LogP contribution in [0.25, 0.3) is 0 Å². The number of Topliss-reactive ketones (excluding diaryl/α,β-unsaturated/α-hetero) is 1. The maximum atomic E-state index is 13.7. The lowest BCUT2D eigenvalue weighted by Gasteiger charge is -2.64. The van der Waals surface area contributed by atoms with Crippen molar-refractivity contribution in [2.24, 2.45) is 63.9 Å². The van der Waals surface area contributed by atoms with E-state index in [9.17, 15) is 24.9 Å². The summed E-state index contributed by atoms with van der Waals surface area (Å²) in [5, 5.41) is 31.5. The van der Waals surface area contributed by atoms with Crippen LogP contribution in [-0.4, -0.2) is 45.3 Å². The molecule has 35 heavy (non-hydrogen) atoms. The van der Waals surface area contributed by atoms with Crippen molar-refractivity contribution >= 4 is 11.8 Å². The molecule has 4 fully saturated rings. The Bertz CT molecular complexity index is 815. The Kier molecular flexibility index (Phi) is 7.52. The summed E-state index contributed by atoms with van der Waals surface area (Å²) in [4.78, 5) is 24.9. The molecule has 5 N–H and O–H groups in total. The molecule has 4 aliphatic rings. The molecule has 200 valence electrons. The Balaban J connectivity index is 1.64. The fraction of sp³-hybridized carbons (Fsp3) is 0.931. The minimum Gasteiger partial charge on any atom is -0.481 e. The standard InChI is InChI=1S/C29H49NO5/c1-15(2)26(30)27(35)22-14-18(31)12-17-13-23(32)25-20-8-7-19(16(3)6-9-24(33)34)28(20,4)11-10-21(25)29(17,22)5/h15-23,25-26,31-32H,6-14,30H2,1-5H3,(H,33,34)/t16-,17?,18+,19-,20+,21+,22?,23-,25+,26+,28-,29+/m1/s1. The van der Waals surface area contributed by atoms with Gasteiger partial charge in [0.05, 0.1) is 18.2 Å². The zero-order valence-corrected chi connectivity index (χ0v) is 22.5. The second-order valence-corrected chi connectivity index (χ2v) is 13.6. The van der Waals surface area contributed by atoms with Crippen LogP contribution in [0.5, 0.6) is 0 Å². The lowest BCUT2D eigenvalue weighted by molar-refractivity contribution is -0.197. The summed E-state index contributed by atoms with van der Waals surface area (Å²) < 4.78 is 0. The van der Waals surface area contributed by atoms with E-state index in [0.717, 1.165) is 25.7 Å². The summed E-state index contributed by atoms with van der Waals surface area (Å²) in [6.45, 7) is 10.9. The van der Waals surface area contributed by atoms with Crippen molar-refractivity contribution in [2.75, 3.05) is 0 Å². The summed E-state index contributed by atoms with van der Waals surface area (Å²) in [7, 11) is 0. The molecule has 12 atom stereocenters. The maximum Gasteiger partial charge on any atom is 0.303 e. The summed E-state index contributed by atoms with van der Waals surface area (Å²) >= 11 is 0. The Morgan fingerprint density at radius 3 is 2.31 bits per heavy atom. The lowest BCUT2D eigenvalue weighted by Crippen LogP contribution is -2.63. The Morgan fingerprint density at radius 1 is 1.00 bits per heavy atom. The van der Waals surface area contributed by atoms with Crippen LogP contribution in [0.1, 0.15) is 92.4 Å². The lowest BCUT2D eigenvalue weighted by atomic mass is 9.41. The number of rotatable bonds is 7. The predicted molar refractivity (Wildman–Crippen MR) is 135 cm³/mol. The molecule has 4 saturated carbocycles. The number of hydrogen-bond acceptors (Lipinski definition) is 5. The molecule has 0 aliphatic heterocycles. The number of aliphatic hydroxyl groups is 2. The molecular weight excluding hydrogens is 442 g/mol. The molecule has 0 saturated heterocycles. The highest BCUT2D eigenvalue weighted by atomic mass is 16.4. The highest BCUT2D eigenvalue weighted by Crippen LogP contribution is 2.69. The smallest absolute Gasteiger partial charge is 0.303 e. The van der Waals surface area contributed by atoms with E-state index in [2.05, 4.69) is 20.8 Å². The third kappa shape index (κ3) is 4.40. The fourth-order valence-corrected chi connectivity index (χ4v) is 9.82. The number of hydrogen-bond donors (Lipinski definition) is 4. The van der Waals surface area contributed by atoms with Gasteiger partial charge in [0.1, 0.15) is 0 Å². The Morgan fingerprint density at radius 2 is 1.69 bits per heavy atom. The van der Waals surface area contributed by atoms with Crippen LogP contribution in [-0.2, 0) is 9.59 Å². The summed E-state index contributed by atoms with van der Waals surface area (Å²) in [5.74, 6) is 0.944. The second kappa shape index (κ2) is 9.72. The van der Waals surface area contributed by atoms with Gasteiger partial charge < -0.3 is 21.1 Å². The first-order valence-corrected chi connectivity index (χ1v) is 14.2. The average molecular weight is 492 g/mol. The van der Waals surface area contributed by atoms with E-state index in [0.29, 0.717) is 43.4 Å². The van der Waals surface area contributed by atoms with Crippen LogP contribution < -0.4 is 5.73 Å². The minimum absolute atomic E-state index is 0.0612. The molecule has 6 heteroatoms. The quantitative estimate of drug-likeness (QED) is 0.422. The number of carbonyl (C=O) groups excluding carboxylic acids is 1. The van der Waals surface area contributed by atoms with Crippen molar-refractivity contribution in [1.29, 1.82) is 0 Å². The van der Waals surface area contributed by atoms with Crippen LogP contribution >= 0.6 is 0 Å². The van der Waals surface area contributed by atoms with E-state index in [1.165, 1.54) is 0 Å². The van der Waals surface area contributed by atoms with Crippen LogP contribution in [0.2, 0.25) is 0 Å². The number of carboxylic acids is 1. The first kappa shape index (κ1) is 27.1. The molecule has 6 nitrogen and oxygen atoms in total. The van der Waals surface area contributed by atoms with E-state index in [1.807, 2.05) is 13.8 Å². The van der Waals surface area contributed by atoms with Crippen molar-refractivity contribution in [3.8, 4) is 0 Å². The van der Waals surface area contributed by atoms with Crippen molar-refractivity contribution in [1.82, 2.24) is 0 Å². The Labute approximate surface area is 211 Å².